The smallest absolute Gasteiger partial charge is 0.353 e. The van der Waals surface area contributed by atoms with Gasteiger partial charge < -0.3 is 83.4 Å². The molecule has 0 unspecified atom stereocenters. The molecule has 4 aromatic heterocycles. The summed E-state index contributed by atoms with van der Waals surface area (Å²) in [4.78, 5) is 148. The molecule has 40 heteroatoms. The number of amides is 3. The minimum absolute atomic E-state index is 0.0475. The molecule has 0 spiro atoms. The van der Waals surface area contributed by atoms with E-state index in [0.29, 0.717) is 75.5 Å². The van der Waals surface area contributed by atoms with Gasteiger partial charge in [-0.3, -0.25) is 50.4 Å². The largest absolute Gasteiger partial charge is 0.481 e. The first-order chi connectivity index (χ1) is 59.8. The number of carboxylic acids is 5. The molecule has 0 radical (unpaired) electrons. The van der Waals surface area contributed by atoms with Gasteiger partial charge in [-0.05, 0) is 205 Å². The van der Waals surface area contributed by atoms with Crippen LogP contribution in [0, 0.1) is 66.6 Å². The number of carbonyl (C=O) groups excluding carboxylic acids is 7. The monoisotopic (exact) mass is 1840 g/mol. The number of ether oxygens (including phenoxy) is 4. The third kappa shape index (κ3) is 29.0. The average Bonchev–Trinajstić information content (AvgIpc) is 1.71. The molecule has 20 N–H and O–H groups in total. The van der Waals surface area contributed by atoms with Gasteiger partial charge in [0.15, 0.2) is 46.3 Å². The molecule has 0 bridgehead atoms. The lowest BCUT2D eigenvalue weighted by Gasteiger charge is -2.31. The van der Waals surface area contributed by atoms with Crippen LogP contribution in [0.4, 0.5) is 17.6 Å². The summed E-state index contributed by atoms with van der Waals surface area (Å²) in [5.74, 6) is -15.6. The Balaban J connectivity index is 0.000000301. The van der Waals surface area contributed by atoms with Crippen LogP contribution in [0.3, 0.4) is 0 Å². The van der Waals surface area contributed by atoms with Gasteiger partial charge in [-0.25, -0.2) is 46.3 Å². The van der Waals surface area contributed by atoms with E-state index in [4.69, 9.17) is 73.7 Å². The van der Waals surface area contributed by atoms with Crippen molar-refractivity contribution in [3.63, 3.8) is 0 Å². The summed E-state index contributed by atoms with van der Waals surface area (Å²) in [5, 5.41) is 82.6. The van der Waals surface area contributed by atoms with Crippen molar-refractivity contribution in [3.05, 3.63) is 206 Å². The fourth-order valence-electron chi connectivity index (χ4n) is 12.7. The van der Waals surface area contributed by atoms with Crippen molar-refractivity contribution in [1.82, 2.24) is 16.0 Å². The van der Waals surface area contributed by atoms with Gasteiger partial charge in [0.05, 0.1) is 34.5 Å². The molecule has 0 aliphatic heterocycles. The summed E-state index contributed by atoms with van der Waals surface area (Å²) in [7, 11) is 0. The summed E-state index contributed by atoms with van der Waals surface area (Å²) >= 11 is 4.46. The topological polar surface area (TPSA) is 578 Å². The van der Waals surface area contributed by atoms with E-state index < -0.39 is 123 Å². The van der Waals surface area contributed by atoms with E-state index in [2.05, 4.69) is 16.0 Å². The van der Waals surface area contributed by atoms with Crippen molar-refractivity contribution in [1.29, 1.82) is 21.6 Å². The molecule has 0 saturated heterocycles. The Labute approximate surface area is 743 Å². The zero-order valence-electron chi connectivity index (χ0n) is 70.7. The quantitative estimate of drug-likeness (QED) is 0.00555. The lowest BCUT2D eigenvalue weighted by Crippen LogP contribution is -2.49. The fraction of sp³-hybridized carbons (Fsp3) is 0.356. The number of aliphatic carboxylic acids is 5. The summed E-state index contributed by atoms with van der Waals surface area (Å²) < 4.78 is 77.0. The number of nitrogens with one attached hydrogen (secondary N) is 7. The first-order valence-corrected chi connectivity index (χ1v) is 42.9. The Hall–Kier alpha value is -13.1. The van der Waals surface area contributed by atoms with Crippen molar-refractivity contribution in [3.8, 4) is 23.0 Å². The normalized spacial score (nSPS) is 11.6. The van der Waals surface area contributed by atoms with Crippen LogP contribution in [0.25, 0.3) is 0 Å². The first-order valence-electron chi connectivity index (χ1n) is 39.6. The Morgan fingerprint density at radius 1 is 0.362 bits per heavy atom. The fourth-order valence-corrected chi connectivity index (χ4v) is 16.8. The van der Waals surface area contributed by atoms with Gasteiger partial charge in [-0.2, -0.15) is 0 Å². The molecule has 0 aliphatic carbocycles. The van der Waals surface area contributed by atoms with Gasteiger partial charge in [-0.1, -0.05) is 62.3 Å². The predicted molar refractivity (Wildman–Crippen MR) is 468 cm³/mol. The molecule has 0 aliphatic rings. The average molecular weight is 1840 g/mol. The summed E-state index contributed by atoms with van der Waals surface area (Å²) in [6, 6.07) is 24.8. The molecule has 4 heterocycles. The van der Waals surface area contributed by atoms with E-state index in [0.717, 1.165) is 84.2 Å². The molecular formula is C87H101F4N11O21S4. The third-order valence-electron chi connectivity index (χ3n) is 21.2. The summed E-state index contributed by atoms with van der Waals surface area (Å²) in [6.45, 7) is 16.4. The van der Waals surface area contributed by atoms with Crippen LogP contribution in [0.2, 0.25) is 0 Å². The number of rotatable bonds is 42. The highest BCUT2D eigenvalue weighted by Crippen LogP contribution is 2.40. The van der Waals surface area contributed by atoms with Crippen LogP contribution in [-0.2, 0) is 64.0 Å². The van der Waals surface area contributed by atoms with Crippen LogP contribution in [0.5, 0.6) is 23.0 Å². The second kappa shape index (κ2) is 47.9. The predicted octanol–water partition coefficient (Wildman–Crippen LogP) is 13.7. The highest BCUT2D eigenvalue weighted by Gasteiger charge is 2.42. The Bertz CT molecular complexity index is 5380. The van der Waals surface area contributed by atoms with Gasteiger partial charge in [-0.15, -0.1) is 45.3 Å². The maximum Gasteiger partial charge on any atom is 0.353 e. The number of halogens is 4. The number of hydrogen-bond donors (Lipinski definition) is 16. The second-order valence-corrected chi connectivity index (χ2v) is 33.6. The Kier molecular flexibility index (Phi) is 39.4. The van der Waals surface area contributed by atoms with E-state index in [1.807, 2.05) is 41.5 Å². The van der Waals surface area contributed by atoms with E-state index in [1.54, 1.807) is 63.2 Å². The molecule has 0 fully saturated rings. The number of thiophene rings is 4. The van der Waals surface area contributed by atoms with Crippen LogP contribution >= 0.6 is 45.3 Å². The van der Waals surface area contributed by atoms with Gasteiger partial charge in [0.1, 0.15) is 54.9 Å². The van der Waals surface area contributed by atoms with E-state index in [-0.39, 0.29) is 126 Å². The molecular weight excluding hydrogens is 1740 g/mol. The molecule has 0 saturated carbocycles. The second-order valence-electron chi connectivity index (χ2n) is 29.0. The van der Waals surface area contributed by atoms with Gasteiger partial charge in [0.25, 0.3) is 0 Å². The standard InChI is InChI=1S/C23H26FN3O7S.C23H28FN3O5S.C22H26FN3O5S.C19H21FN2O4S/c1-3-23(4-2,22(33)27-15(20(30)31)10-18(28)29)11-13-6-8-17(35-13)21(32)34-16-7-5-12(19(25)26)9-14(16)24;1-4-16(20(28)29)27-22(31)23(5-2,6-3)12-14-8-10-18(33-14)21(30)32-17-9-7-13(19(25)26)11-15(17)24;1-3-22(4-2,21(30)26-10-9-18(27)28)12-14-6-8-17(32-14)20(29)31-16-7-5-13(19(24)25)11-15(16)23;1-3-19(4-2,18(24)25)10-12-6-8-15(27-12)17(23)26-14-7-5-11(16(21)22)9-13(14)20/h5-9,15H,3-4,10-11H2,1-2H3,(H3,25,26)(H,27,33)(H,28,29)(H,30,31);7-11,16H,4-6,12H2,1-3H3,(H3,25,26)(H,27,31)(H,28,29);5-8,11H,3-4,9-10,12H2,1-2H3,(H3,24,25)(H,26,30)(H,27,28);5-9H,3-4,10H2,1-2H3,(H3,21,22)(H,24,25)/t15-;16-;;/m00../s1. The molecule has 2 atom stereocenters. The Morgan fingerprint density at radius 2 is 0.614 bits per heavy atom. The first kappa shape index (κ1) is 104. The minimum Gasteiger partial charge on any atom is -0.481 e. The molecule has 127 heavy (non-hydrogen) atoms. The van der Waals surface area contributed by atoms with Crippen LogP contribution < -0.4 is 57.8 Å². The zero-order chi connectivity index (χ0) is 95.2. The molecule has 682 valence electrons. The van der Waals surface area contributed by atoms with Gasteiger partial charge in [0, 0.05) is 48.3 Å². The van der Waals surface area contributed by atoms with Crippen LogP contribution in [0.15, 0.2) is 121 Å². The number of nitrogen functional groups attached to an aromatic ring is 4. The van der Waals surface area contributed by atoms with Crippen molar-refractivity contribution in [2.24, 2.45) is 44.6 Å². The molecule has 4 aromatic carbocycles. The van der Waals surface area contributed by atoms with Crippen LogP contribution in [-0.4, -0.2) is 139 Å². The number of carboxylic acid groups (broad SMARTS) is 5. The number of amidine groups is 4. The third-order valence-corrected chi connectivity index (χ3v) is 25.5. The molecule has 3 amide bonds. The lowest BCUT2D eigenvalue weighted by atomic mass is 9.77. The number of carbonyl (C=O) groups is 12. The maximum absolute atomic E-state index is 14.2. The highest BCUT2D eigenvalue weighted by molar-refractivity contribution is 7.15. The van der Waals surface area contributed by atoms with E-state index >= 15 is 0 Å². The Morgan fingerprint density at radius 3 is 0.827 bits per heavy atom. The van der Waals surface area contributed by atoms with Crippen molar-refractivity contribution < 1.29 is 120 Å². The maximum atomic E-state index is 14.2. The highest BCUT2D eigenvalue weighted by atomic mass is 32.1. The molecule has 8 rings (SSSR count). The summed E-state index contributed by atoms with van der Waals surface area (Å²) in [6.07, 6.45) is 4.19. The molecule has 32 nitrogen and oxygen atoms in total. The zero-order valence-corrected chi connectivity index (χ0v) is 74.0. The lowest BCUT2D eigenvalue weighted by molar-refractivity contribution is -0.149. The minimum atomic E-state index is -1.57. The summed E-state index contributed by atoms with van der Waals surface area (Å²) in [5.41, 5.74) is 18.5. The van der Waals surface area contributed by atoms with Gasteiger partial charge >= 0.3 is 53.7 Å². The van der Waals surface area contributed by atoms with Crippen molar-refractivity contribution in [2.75, 3.05) is 6.54 Å². The van der Waals surface area contributed by atoms with Crippen LogP contribution in [0.1, 0.15) is 213 Å². The number of benzene rings is 4. The van der Waals surface area contributed by atoms with Gasteiger partial charge in [0.2, 0.25) is 17.7 Å². The number of nitrogens with two attached hydrogens (primary N) is 4. The van der Waals surface area contributed by atoms with E-state index in [9.17, 15) is 90.4 Å². The SMILES string of the molecule is CCC(CC)(Cc1ccc(C(=O)Oc2ccc(C(=N)N)cc2F)s1)C(=O)NCCC(=O)O.CCC(CC)(Cc1ccc(C(=O)Oc2ccc(C(=N)N)cc2F)s1)C(=O)N[C@@H](CC(=O)O)C(=O)O.CCC(CC)(Cc1ccc(C(=O)Oc2ccc(C(=N)N)cc2F)s1)C(=O)O.CC[C@H](NC(=O)C(CC)(CC)Cc1ccc(C(=O)Oc2ccc(C(=N)N)cc2F)s1)C(=O)O. The number of esters is 4. The van der Waals surface area contributed by atoms with E-state index in [1.165, 1.54) is 54.6 Å². The van der Waals surface area contributed by atoms with Crippen molar-refractivity contribution in [2.45, 2.75) is 171 Å². The number of hydrogen-bond acceptors (Lipinski definition) is 24. The molecule has 8 aromatic rings. The van der Waals surface area contributed by atoms with Crippen molar-refractivity contribution >= 4 is 140 Å².